The van der Waals surface area contributed by atoms with Crippen LogP contribution in [0.2, 0.25) is 0 Å². The molecule has 0 aliphatic heterocycles. The third-order valence-electron chi connectivity index (χ3n) is 6.46. The second kappa shape index (κ2) is 11.4. The largest absolute Gasteiger partial charge is 0.472 e. The van der Waals surface area contributed by atoms with Gasteiger partial charge in [-0.1, -0.05) is 42.5 Å². The molecule has 0 radical (unpaired) electrons. The van der Waals surface area contributed by atoms with Crippen molar-refractivity contribution in [2.24, 2.45) is 0 Å². The number of imidazole rings is 1. The number of pyridine rings is 1. The van der Waals surface area contributed by atoms with Crippen LogP contribution in [-0.2, 0) is 24.3 Å². The van der Waals surface area contributed by atoms with E-state index in [1.807, 2.05) is 65.2 Å². The molecule has 6 nitrogen and oxygen atoms in total. The van der Waals surface area contributed by atoms with Crippen molar-refractivity contribution in [3.63, 3.8) is 0 Å². The first kappa shape index (κ1) is 25.3. The summed E-state index contributed by atoms with van der Waals surface area (Å²) in [6, 6.07) is 24.1. The molecule has 0 bridgehead atoms. The zero-order valence-corrected chi connectivity index (χ0v) is 21.4. The van der Waals surface area contributed by atoms with Gasteiger partial charge in [-0.3, -0.25) is 4.79 Å². The SMILES string of the molecule is COCCn1c(Cc2ccc(-c3cccnc3OCc3ccccc3)cc2F)nc2ccc(C(C)=O)cc21. The highest BCUT2D eigenvalue weighted by Crippen LogP contribution is 2.30. The minimum Gasteiger partial charge on any atom is -0.472 e. The van der Waals surface area contributed by atoms with Crippen LogP contribution in [0.25, 0.3) is 22.2 Å². The van der Waals surface area contributed by atoms with E-state index in [4.69, 9.17) is 14.5 Å². The van der Waals surface area contributed by atoms with E-state index >= 15 is 4.39 Å². The predicted octanol–water partition coefficient (Wildman–Crippen LogP) is 6.26. The normalized spacial score (nSPS) is 11.1. The van der Waals surface area contributed by atoms with Crippen molar-refractivity contribution < 1.29 is 18.7 Å². The van der Waals surface area contributed by atoms with Crippen LogP contribution < -0.4 is 4.74 Å². The minimum absolute atomic E-state index is 0.0166. The van der Waals surface area contributed by atoms with Crippen LogP contribution in [0.1, 0.15) is 34.2 Å². The number of hydrogen-bond donors (Lipinski definition) is 0. The maximum absolute atomic E-state index is 15.4. The molecule has 0 spiro atoms. The first-order valence-corrected chi connectivity index (χ1v) is 12.4. The summed E-state index contributed by atoms with van der Waals surface area (Å²) in [7, 11) is 1.63. The number of Topliss-reactive ketones (excluding diaryl/α,β-unsaturated/α-hetero) is 1. The molecule has 0 saturated carbocycles. The molecule has 0 aliphatic rings. The molecule has 7 heteroatoms. The molecule has 0 N–H and O–H groups in total. The van der Waals surface area contributed by atoms with Crippen LogP contribution in [0.15, 0.2) is 85.1 Å². The van der Waals surface area contributed by atoms with Crippen molar-refractivity contribution >= 4 is 16.8 Å². The number of carbonyl (C=O) groups is 1. The number of carbonyl (C=O) groups excluding carboxylic acids is 1. The van der Waals surface area contributed by atoms with Crippen LogP contribution in [0.5, 0.6) is 5.88 Å². The third kappa shape index (κ3) is 5.48. The molecule has 0 atom stereocenters. The summed E-state index contributed by atoms with van der Waals surface area (Å²) in [5.74, 6) is 0.802. The van der Waals surface area contributed by atoms with Crippen LogP contribution in [0.3, 0.4) is 0 Å². The number of ketones is 1. The molecule has 0 aliphatic carbocycles. The highest BCUT2D eigenvalue weighted by Gasteiger charge is 2.16. The molecular formula is C31H28FN3O3. The first-order chi connectivity index (χ1) is 18.5. The molecule has 0 fully saturated rings. The van der Waals surface area contributed by atoms with Gasteiger partial charge in [0, 0.05) is 37.4 Å². The van der Waals surface area contributed by atoms with Crippen molar-refractivity contribution in [2.75, 3.05) is 13.7 Å². The fourth-order valence-corrected chi connectivity index (χ4v) is 4.44. The molecule has 3 aromatic carbocycles. The molecule has 0 amide bonds. The Hall–Kier alpha value is -4.36. The molecule has 0 unspecified atom stereocenters. The van der Waals surface area contributed by atoms with E-state index in [-0.39, 0.29) is 11.6 Å². The fraction of sp³-hybridized carbons (Fsp3) is 0.194. The molecule has 192 valence electrons. The Bertz CT molecular complexity index is 1580. The van der Waals surface area contributed by atoms with Crippen LogP contribution >= 0.6 is 0 Å². The Balaban J connectivity index is 1.43. The number of rotatable bonds is 10. The second-order valence-electron chi connectivity index (χ2n) is 9.05. The summed E-state index contributed by atoms with van der Waals surface area (Å²) >= 11 is 0. The van der Waals surface area contributed by atoms with E-state index in [1.54, 1.807) is 25.4 Å². The number of ether oxygens (including phenoxy) is 2. The number of nitrogens with zero attached hydrogens (tertiary/aromatic N) is 3. The van der Waals surface area contributed by atoms with Crippen LogP contribution in [-0.4, -0.2) is 34.0 Å². The summed E-state index contributed by atoms with van der Waals surface area (Å²) in [6.07, 6.45) is 1.96. The van der Waals surface area contributed by atoms with Gasteiger partial charge in [-0.25, -0.2) is 14.4 Å². The third-order valence-corrected chi connectivity index (χ3v) is 6.46. The average Bonchev–Trinajstić information content (AvgIpc) is 3.28. The smallest absolute Gasteiger partial charge is 0.221 e. The van der Waals surface area contributed by atoms with E-state index in [2.05, 4.69) is 4.98 Å². The molecule has 2 aromatic heterocycles. The van der Waals surface area contributed by atoms with Gasteiger partial charge in [-0.15, -0.1) is 0 Å². The summed E-state index contributed by atoms with van der Waals surface area (Å²) < 4.78 is 28.7. The molecule has 0 saturated heterocycles. The zero-order valence-electron chi connectivity index (χ0n) is 21.4. The van der Waals surface area contributed by atoms with Gasteiger partial charge in [0.15, 0.2) is 5.78 Å². The lowest BCUT2D eigenvalue weighted by molar-refractivity contribution is 0.101. The van der Waals surface area contributed by atoms with Crippen molar-refractivity contribution in [3.8, 4) is 17.0 Å². The Labute approximate surface area is 220 Å². The van der Waals surface area contributed by atoms with Gasteiger partial charge in [-0.2, -0.15) is 0 Å². The van der Waals surface area contributed by atoms with E-state index in [0.29, 0.717) is 54.6 Å². The molecule has 2 heterocycles. The quantitative estimate of drug-likeness (QED) is 0.208. The first-order valence-electron chi connectivity index (χ1n) is 12.4. The van der Waals surface area contributed by atoms with Gasteiger partial charge in [0.25, 0.3) is 0 Å². The highest BCUT2D eigenvalue weighted by atomic mass is 19.1. The number of hydrogen-bond acceptors (Lipinski definition) is 5. The second-order valence-corrected chi connectivity index (χ2v) is 9.05. The number of benzene rings is 3. The van der Waals surface area contributed by atoms with Crippen molar-refractivity contribution in [2.45, 2.75) is 26.5 Å². The van der Waals surface area contributed by atoms with Crippen molar-refractivity contribution in [1.82, 2.24) is 14.5 Å². The maximum Gasteiger partial charge on any atom is 0.221 e. The molecule has 38 heavy (non-hydrogen) atoms. The minimum atomic E-state index is -0.338. The van der Waals surface area contributed by atoms with Crippen molar-refractivity contribution in [1.29, 1.82) is 0 Å². The van der Waals surface area contributed by atoms with Crippen molar-refractivity contribution in [3.05, 3.63) is 113 Å². The Morgan fingerprint density at radius 1 is 1.00 bits per heavy atom. The van der Waals surface area contributed by atoms with Crippen LogP contribution in [0, 0.1) is 5.82 Å². The lowest BCUT2D eigenvalue weighted by Crippen LogP contribution is -2.10. The van der Waals surface area contributed by atoms with Gasteiger partial charge in [0.2, 0.25) is 5.88 Å². The maximum atomic E-state index is 15.4. The Morgan fingerprint density at radius 2 is 1.84 bits per heavy atom. The van der Waals surface area contributed by atoms with E-state index in [9.17, 15) is 4.79 Å². The van der Waals surface area contributed by atoms with E-state index in [0.717, 1.165) is 22.2 Å². The van der Waals surface area contributed by atoms with Gasteiger partial charge >= 0.3 is 0 Å². The average molecular weight is 510 g/mol. The van der Waals surface area contributed by atoms with Gasteiger partial charge in [-0.05, 0) is 60.0 Å². The lowest BCUT2D eigenvalue weighted by atomic mass is 10.0. The summed E-state index contributed by atoms with van der Waals surface area (Å²) in [4.78, 5) is 21.1. The van der Waals surface area contributed by atoms with E-state index < -0.39 is 0 Å². The Morgan fingerprint density at radius 3 is 2.61 bits per heavy atom. The summed E-state index contributed by atoms with van der Waals surface area (Å²) in [5, 5.41) is 0. The number of fused-ring (bicyclic) bond motifs is 1. The lowest BCUT2D eigenvalue weighted by Gasteiger charge is -2.12. The standard InChI is InChI=1S/C31H28FN3O3/c1-21(36)23-12-13-28-29(18-23)35(15-16-37-2)30(34-28)19-25-11-10-24(17-27(25)32)26-9-6-14-33-31(26)38-20-22-7-4-3-5-8-22/h3-14,17-18H,15-16,19-20H2,1-2H3. The topological polar surface area (TPSA) is 66.2 Å². The summed E-state index contributed by atoms with van der Waals surface area (Å²) in [5.41, 5.74) is 5.15. The number of aromatic nitrogens is 3. The zero-order chi connectivity index (χ0) is 26.5. The fourth-order valence-electron chi connectivity index (χ4n) is 4.44. The molecular weight excluding hydrogens is 481 g/mol. The number of methoxy groups -OCH3 is 1. The summed E-state index contributed by atoms with van der Waals surface area (Å²) in [6.45, 7) is 2.92. The Kier molecular flexibility index (Phi) is 7.56. The van der Waals surface area contributed by atoms with Gasteiger partial charge < -0.3 is 14.0 Å². The van der Waals surface area contributed by atoms with Gasteiger partial charge in [0.05, 0.1) is 17.6 Å². The molecule has 5 rings (SSSR count). The van der Waals surface area contributed by atoms with Crippen LogP contribution in [0.4, 0.5) is 4.39 Å². The van der Waals surface area contributed by atoms with E-state index in [1.165, 1.54) is 13.0 Å². The number of halogens is 1. The van der Waals surface area contributed by atoms with Gasteiger partial charge in [0.1, 0.15) is 18.2 Å². The molecule has 5 aromatic rings. The predicted molar refractivity (Wildman–Crippen MR) is 145 cm³/mol. The highest BCUT2D eigenvalue weighted by molar-refractivity contribution is 5.97. The monoisotopic (exact) mass is 509 g/mol.